The van der Waals surface area contributed by atoms with E-state index >= 15 is 0 Å². The van der Waals surface area contributed by atoms with Crippen LogP contribution in [0.15, 0.2) is 0 Å². The predicted molar refractivity (Wildman–Crippen MR) is 61.2 cm³/mol. The van der Waals surface area contributed by atoms with Gasteiger partial charge < -0.3 is 4.74 Å². The third-order valence-electron chi connectivity index (χ3n) is 2.76. The summed E-state index contributed by atoms with van der Waals surface area (Å²) in [6.45, 7) is 9.64. The molecule has 0 amide bonds. The highest BCUT2D eigenvalue weighted by molar-refractivity contribution is 5.45. The molecule has 0 spiro atoms. The number of ether oxygens (including phenoxy) is 1. The molecule has 0 unspecified atom stereocenters. The Bertz CT molecular complexity index is 433. The van der Waals surface area contributed by atoms with Crippen molar-refractivity contribution in [3.05, 3.63) is 16.8 Å². The number of nitriles is 1. The molecule has 86 valence electrons. The topological polar surface area (TPSA) is 58.8 Å². The van der Waals surface area contributed by atoms with Crippen LogP contribution < -0.4 is 4.74 Å². The van der Waals surface area contributed by atoms with Crippen molar-refractivity contribution < 1.29 is 4.74 Å². The number of aryl methyl sites for hydroxylation is 1. The van der Waals surface area contributed by atoms with Crippen molar-refractivity contribution in [1.29, 1.82) is 5.26 Å². The average molecular weight is 219 g/mol. The predicted octanol–water partition coefficient (Wildman–Crippen LogP) is 2.53. The van der Waals surface area contributed by atoms with Crippen molar-refractivity contribution in [2.75, 3.05) is 0 Å². The zero-order chi connectivity index (χ0) is 12.3. The molecule has 0 saturated heterocycles. The largest absolute Gasteiger partial charge is 0.470 e. The molecule has 16 heavy (non-hydrogen) atoms. The van der Waals surface area contributed by atoms with E-state index < -0.39 is 0 Å². The first-order valence-electron chi connectivity index (χ1n) is 5.34. The van der Waals surface area contributed by atoms with E-state index in [-0.39, 0.29) is 5.60 Å². The SMILES string of the molecule is CCC(C)(C)Oc1nnc(C)c(C)c1C#N. The molecule has 1 rings (SSSR count). The van der Waals surface area contributed by atoms with Crippen LogP contribution >= 0.6 is 0 Å². The summed E-state index contributed by atoms with van der Waals surface area (Å²) in [4.78, 5) is 0. The molecule has 1 aromatic heterocycles. The van der Waals surface area contributed by atoms with E-state index in [1.54, 1.807) is 0 Å². The summed E-state index contributed by atoms with van der Waals surface area (Å²) in [5, 5.41) is 17.0. The lowest BCUT2D eigenvalue weighted by Gasteiger charge is -2.24. The summed E-state index contributed by atoms with van der Waals surface area (Å²) in [5.74, 6) is 0.331. The number of hydrogen-bond acceptors (Lipinski definition) is 4. The van der Waals surface area contributed by atoms with E-state index in [0.29, 0.717) is 11.4 Å². The van der Waals surface area contributed by atoms with Gasteiger partial charge in [0.2, 0.25) is 0 Å². The van der Waals surface area contributed by atoms with Crippen LogP contribution in [0.4, 0.5) is 0 Å². The third-order valence-corrected chi connectivity index (χ3v) is 2.76. The van der Waals surface area contributed by atoms with Gasteiger partial charge in [-0.15, -0.1) is 5.10 Å². The molecule has 1 aromatic rings. The minimum absolute atomic E-state index is 0.331. The van der Waals surface area contributed by atoms with Crippen LogP contribution in [0.5, 0.6) is 5.88 Å². The van der Waals surface area contributed by atoms with Crippen LogP contribution in [-0.4, -0.2) is 15.8 Å². The van der Waals surface area contributed by atoms with Crippen molar-refractivity contribution in [3.8, 4) is 11.9 Å². The molecule has 4 nitrogen and oxygen atoms in total. The first kappa shape index (κ1) is 12.4. The Hall–Kier alpha value is -1.63. The second kappa shape index (κ2) is 4.48. The van der Waals surface area contributed by atoms with Gasteiger partial charge in [-0.25, -0.2) is 0 Å². The van der Waals surface area contributed by atoms with E-state index in [2.05, 4.69) is 16.3 Å². The van der Waals surface area contributed by atoms with E-state index in [9.17, 15) is 0 Å². The highest BCUT2D eigenvalue weighted by Crippen LogP contribution is 2.24. The zero-order valence-electron chi connectivity index (χ0n) is 10.5. The summed E-state index contributed by atoms with van der Waals surface area (Å²) < 4.78 is 5.71. The molecule has 0 atom stereocenters. The van der Waals surface area contributed by atoms with Gasteiger partial charge in [0.25, 0.3) is 5.88 Å². The maximum absolute atomic E-state index is 9.10. The van der Waals surface area contributed by atoms with Gasteiger partial charge in [0, 0.05) is 0 Å². The number of hydrogen-bond donors (Lipinski definition) is 0. The van der Waals surface area contributed by atoms with Gasteiger partial charge in [-0.2, -0.15) is 10.4 Å². The van der Waals surface area contributed by atoms with Crippen molar-refractivity contribution in [3.63, 3.8) is 0 Å². The molecule has 1 heterocycles. The van der Waals surface area contributed by atoms with Crippen LogP contribution in [0, 0.1) is 25.2 Å². The maximum Gasteiger partial charge on any atom is 0.252 e. The molecule has 0 bridgehead atoms. The molecular weight excluding hydrogens is 202 g/mol. The van der Waals surface area contributed by atoms with Gasteiger partial charge >= 0.3 is 0 Å². The van der Waals surface area contributed by atoms with E-state index in [0.717, 1.165) is 17.7 Å². The van der Waals surface area contributed by atoms with Crippen LogP contribution in [-0.2, 0) is 0 Å². The van der Waals surface area contributed by atoms with E-state index in [1.165, 1.54) is 0 Å². The fraction of sp³-hybridized carbons (Fsp3) is 0.583. The minimum atomic E-state index is -0.331. The molecule has 4 heteroatoms. The smallest absolute Gasteiger partial charge is 0.252 e. The van der Waals surface area contributed by atoms with Crippen molar-refractivity contribution in [2.24, 2.45) is 0 Å². The van der Waals surface area contributed by atoms with Crippen LogP contribution in [0.3, 0.4) is 0 Å². The number of aromatic nitrogens is 2. The first-order chi connectivity index (χ1) is 7.41. The molecule has 0 aliphatic heterocycles. The quantitative estimate of drug-likeness (QED) is 0.783. The number of rotatable bonds is 3. The average Bonchev–Trinajstić information content (AvgIpc) is 2.24. The Morgan fingerprint density at radius 3 is 2.44 bits per heavy atom. The molecule has 0 radical (unpaired) electrons. The fourth-order valence-electron chi connectivity index (χ4n) is 1.12. The van der Waals surface area contributed by atoms with Crippen molar-refractivity contribution in [1.82, 2.24) is 10.2 Å². The first-order valence-corrected chi connectivity index (χ1v) is 5.34. The molecular formula is C12H17N3O. The molecule has 0 N–H and O–H groups in total. The summed E-state index contributed by atoms with van der Waals surface area (Å²) in [6, 6.07) is 2.12. The molecule has 0 aromatic carbocycles. The van der Waals surface area contributed by atoms with Crippen molar-refractivity contribution in [2.45, 2.75) is 46.6 Å². The standard InChI is InChI=1S/C12H17N3O/c1-6-12(4,5)16-11-10(7-13)8(2)9(3)14-15-11/h6H2,1-5H3. The van der Waals surface area contributed by atoms with E-state index in [4.69, 9.17) is 10.00 Å². The van der Waals surface area contributed by atoms with Gasteiger partial charge in [-0.1, -0.05) is 6.92 Å². The van der Waals surface area contributed by atoms with Gasteiger partial charge in [0.15, 0.2) is 0 Å². The van der Waals surface area contributed by atoms with Gasteiger partial charge in [-0.3, -0.25) is 0 Å². The number of nitrogens with zero attached hydrogens (tertiary/aromatic N) is 3. The van der Waals surface area contributed by atoms with Crippen molar-refractivity contribution >= 4 is 0 Å². The highest BCUT2D eigenvalue weighted by Gasteiger charge is 2.21. The van der Waals surface area contributed by atoms with Gasteiger partial charge in [0.1, 0.15) is 17.2 Å². The Morgan fingerprint density at radius 2 is 1.94 bits per heavy atom. The van der Waals surface area contributed by atoms with Gasteiger partial charge in [0.05, 0.1) is 5.69 Å². The summed E-state index contributed by atoms with van der Waals surface area (Å²) in [7, 11) is 0. The van der Waals surface area contributed by atoms with Crippen LogP contribution in [0.2, 0.25) is 0 Å². The third kappa shape index (κ3) is 2.48. The molecule has 0 saturated carbocycles. The Morgan fingerprint density at radius 1 is 1.31 bits per heavy atom. The summed E-state index contributed by atoms with van der Waals surface area (Å²) >= 11 is 0. The lowest BCUT2D eigenvalue weighted by Crippen LogP contribution is -2.28. The van der Waals surface area contributed by atoms with Crippen LogP contribution in [0.25, 0.3) is 0 Å². The fourth-order valence-corrected chi connectivity index (χ4v) is 1.12. The second-order valence-electron chi connectivity index (χ2n) is 4.42. The summed E-state index contributed by atoms with van der Waals surface area (Å²) in [5.41, 5.74) is 1.74. The molecule has 0 aliphatic rings. The second-order valence-corrected chi connectivity index (χ2v) is 4.42. The lowest BCUT2D eigenvalue weighted by molar-refractivity contribution is 0.0970. The summed E-state index contributed by atoms with van der Waals surface area (Å²) in [6.07, 6.45) is 0.840. The highest BCUT2D eigenvalue weighted by atomic mass is 16.5. The normalized spacial score (nSPS) is 11.0. The molecule has 0 aliphatic carbocycles. The Labute approximate surface area is 96.3 Å². The Kier molecular flexibility index (Phi) is 3.48. The minimum Gasteiger partial charge on any atom is -0.470 e. The van der Waals surface area contributed by atoms with E-state index in [1.807, 2.05) is 34.6 Å². The zero-order valence-corrected chi connectivity index (χ0v) is 10.5. The van der Waals surface area contributed by atoms with Gasteiger partial charge in [-0.05, 0) is 39.7 Å². The lowest BCUT2D eigenvalue weighted by atomic mass is 10.1. The van der Waals surface area contributed by atoms with Crippen LogP contribution in [0.1, 0.15) is 44.0 Å². The molecule has 0 fully saturated rings. The Balaban J connectivity index is 3.17. The maximum atomic E-state index is 9.10. The monoisotopic (exact) mass is 219 g/mol.